The Morgan fingerprint density at radius 2 is 1.71 bits per heavy atom. The van der Waals surface area contributed by atoms with E-state index in [4.69, 9.17) is 27.9 Å². The maximum Gasteiger partial charge on any atom is 0.139 e. The van der Waals surface area contributed by atoms with E-state index in [-0.39, 0.29) is 0 Å². The summed E-state index contributed by atoms with van der Waals surface area (Å²) >= 11 is 19.4. The maximum atomic E-state index is 6.28. The van der Waals surface area contributed by atoms with Crippen molar-refractivity contribution in [2.24, 2.45) is 0 Å². The summed E-state index contributed by atoms with van der Waals surface area (Å²) in [5, 5.41) is 4.72. The minimum Gasteiger partial charge on any atom is -0.487 e. The molecule has 1 N–H and O–H groups in total. The molecule has 0 aliphatic heterocycles. The lowest BCUT2D eigenvalue weighted by atomic mass is 10.1. The highest BCUT2D eigenvalue weighted by molar-refractivity contribution is 9.11. The molecule has 0 fully saturated rings. The largest absolute Gasteiger partial charge is 0.487 e. The van der Waals surface area contributed by atoms with Crippen LogP contribution in [0.3, 0.4) is 0 Å². The van der Waals surface area contributed by atoms with E-state index in [1.165, 1.54) is 11.1 Å². The minimum absolute atomic E-state index is 0.354. The fourth-order valence-electron chi connectivity index (χ4n) is 2.81. The molecule has 0 aliphatic rings. The van der Waals surface area contributed by atoms with Crippen LogP contribution in [0.2, 0.25) is 10.0 Å². The van der Waals surface area contributed by atoms with E-state index >= 15 is 0 Å². The zero-order chi connectivity index (χ0) is 20.3. The molecule has 0 saturated heterocycles. The minimum atomic E-state index is 0.354. The number of anilines is 1. The van der Waals surface area contributed by atoms with Gasteiger partial charge in [-0.1, -0.05) is 57.3 Å². The van der Waals surface area contributed by atoms with Crippen molar-refractivity contribution in [2.75, 3.05) is 5.32 Å². The Hall–Kier alpha value is -1.20. The molecule has 0 heterocycles. The SMILES string of the molecule is Cc1ccc(C)c(NCc2cc(Br)cc(Br)c2OCc2ccc(Cl)cc2Cl)c1. The van der Waals surface area contributed by atoms with Gasteiger partial charge in [-0.2, -0.15) is 0 Å². The van der Waals surface area contributed by atoms with Gasteiger partial charge in [0.25, 0.3) is 0 Å². The van der Waals surface area contributed by atoms with Crippen LogP contribution in [0.1, 0.15) is 22.3 Å². The van der Waals surface area contributed by atoms with Gasteiger partial charge in [-0.3, -0.25) is 0 Å². The van der Waals surface area contributed by atoms with Gasteiger partial charge in [0, 0.05) is 37.9 Å². The summed E-state index contributed by atoms with van der Waals surface area (Å²) in [6.45, 7) is 5.17. The molecule has 3 aromatic rings. The van der Waals surface area contributed by atoms with Crippen molar-refractivity contribution in [3.63, 3.8) is 0 Å². The average molecular weight is 544 g/mol. The molecule has 0 saturated carbocycles. The van der Waals surface area contributed by atoms with Crippen LogP contribution in [0.4, 0.5) is 5.69 Å². The smallest absolute Gasteiger partial charge is 0.139 e. The van der Waals surface area contributed by atoms with Crippen molar-refractivity contribution in [3.05, 3.63) is 89.8 Å². The molecule has 0 spiro atoms. The number of aryl methyl sites for hydroxylation is 2. The molecule has 0 atom stereocenters. The van der Waals surface area contributed by atoms with Gasteiger partial charge in [0.2, 0.25) is 0 Å². The normalized spacial score (nSPS) is 10.8. The number of hydrogen-bond donors (Lipinski definition) is 1. The Labute approximate surface area is 192 Å². The topological polar surface area (TPSA) is 21.3 Å². The van der Waals surface area contributed by atoms with Crippen molar-refractivity contribution < 1.29 is 4.74 Å². The molecule has 0 radical (unpaired) electrons. The number of nitrogens with one attached hydrogen (secondary N) is 1. The van der Waals surface area contributed by atoms with E-state index < -0.39 is 0 Å². The third kappa shape index (κ3) is 5.44. The second kappa shape index (κ2) is 9.53. The monoisotopic (exact) mass is 541 g/mol. The van der Waals surface area contributed by atoms with Crippen LogP contribution in [0, 0.1) is 13.8 Å². The zero-order valence-corrected chi connectivity index (χ0v) is 20.1. The molecule has 146 valence electrons. The molecule has 2 nitrogen and oxygen atoms in total. The first kappa shape index (κ1) is 21.5. The average Bonchev–Trinajstić information content (AvgIpc) is 2.63. The van der Waals surface area contributed by atoms with E-state index in [0.717, 1.165) is 31.5 Å². The predicted molar refractivity (Wildman–Crippen MR) is 126 cm³/mol. The first-order valence-electron chi connectivity index (χ1n) is 8.69. The lowest BCUT2D eigenvalue weighted by Gasteiger charge is -2.17. The molecule has 3 aromatic carbocycles. The van der Waals surface area contributed by atoms with Crippen LogP contribution in [-0.2, 0) is 13.2 Å². The van der Waals surface area contributed by atoms with E-state index in [9.17, 15) is 0 Å². The second-order valence-electron chi connectivity index (χ2n) is 6.57. The zero-order valence-electron chi connectivity index (χ0n) is 15.5. The van der Waals surface area contributed by atoms with Gasteiger partial charge >= 0.3 is 0 Å². The summed E-state index contributed by atoms with van der Waals surface area (Å²) in [7, 11) is 0. The van der Waals surface area contributed by atoms with E-state index in [0.29, 0.717) is 23.2 Å². The fraction of sp³-hybridized carbons (Fsp3) is 0.182. The first-order valence-corrected chi connectivity index (χ1v) is 11.0. The van der Waals surface area contributed by atoms with Gasteiger partial charge in [0.05, 0.1) is 4.47 Å². The summed E-state index contributed by atoms with van der Waals surface area (Å²) in [5.41, 5.74) is 5.46. The predicted octanol–water partition coefficient (Wildman–Crippen LogP) is 8.33. The van der Waals surface area contributed by atoms with E-state index in [1.807, 2.05) is 18.2 Å². The van der Waals surface area contributed by atoms with Gasteiger partial charge < -0.3 is 10.1 Å². The number of hydrogen-bond acceptors (Lipinski definition) is 2. The highest BCUT2D eigenvalue weighted by Crippen LogP contribution is 2.35. The molecule has 6 heteroatoms. The number of benzene rings is 3. The molecule has 0 aromatic heterocycles. The Balaban J connectivity index is 1.82. The van der Waals surface area contributed by atoms with Gasteiger partial charge in [0.1, 0.15) is 12.4 Å². The van der Waals surface area contributed by atoms with Crippen molar-refractivity contribution in [1.82, 2.24) is 0 Å². The Morgan fingerprint density at radius 1 is 0.929 bits per heavy atom. The van der Waals surface area contributed by atoms with Crippen LogP contribution < -0.4 is 10.1 Å². The summed E-state index contributed by atoms with van der Waals surface area (Å²) in [5.74, 6) is 0.784. The van der Waals surface area contributed by atoms with Crippen LogP contribution in [0.5, 0.6) is 5.75 Å². The Kier molecular flexibility index (Phi) is 7.32. The van der Waals surface area contributed by atoms with Crippen molar-refractivity contribution in [3.8, 4) is 5.75 Å². The van der Waals surface area contributed by atoms with Gasteiger partial charge in [-0.25, -0.2) is 0 Å². The molecular weight excluding hydrogens is 525 g/mol. The molecule has 0 unspecified atom stereocenters. The molecule has 28 heavy (non-hydrogen) atoms. The highest BCUT2D eigenvalue weighted by Gasteiger charge is 2.12. The molecule has 0 amide bonds. The van der Waals surface area contributed by atoms with Crippen molar-refractivity contribution >= 4 is 60.7 Å². The van der Waals surface area contributed by atoms with Crippen LogP contribution >= 0.6 is 55.1 Å². The summed E-state index contributed by atoms with van der Waals surface area (Å²) in [4.78, 5) is 0. The number of rotatable bonds is 6. The first-order chi connectivity index (χ1) is 13.3. The molecule has 0 aliphatic carbocycles. The summed E-state index contributed by atoms with van der Waals surface area (Å²) in [6.07, 6.45) is 0. The van der Waals surface area contributed by atoms with Crippen molar-refractivity contribution in [2.45, 2.75) is 27.0 Å². The fourth-order valence-corrected chi connectivity index (χ4v) is 4.70. The van der Waals surface area contributed by atoms with Gasteiger partial charge in [-0.15, -0.1) is 0 Å². The third-order valence-electron chi connectivity index (χ3n) is 4.33. The number of halogens is 4. The number of ether oxygens (including phenoxy) is 1. The molecular formula is C22H19Br2Cl2NO. The Morgan fingerprint density at radius 3 is 2.46 bits per heavy atom. The third-order valence-corrected chi connectivity index (χ3v) is 5.97. The van der Waals surface area contributed by atoms with Gasteiger partial charge in [0.15, 0.2) is 0 Å². The summed E-state index contributed by atoms with van der Waals surface area (Å²) < 4.78 is 8.00. The summed E-state index contributed by atoms with van der Waals surface area (Å²) in [6, 6.07) is 15.8. The lowest BCUT2D eigenvalue weighted by Crippen LogP contribution is -2.06. The van der Waals surface area contributed by atoms with Crippen LogP contribution in [0.15, 0.2) is 57.5 Å². The Bertz CT molecular complexity index is 1010. The lowest BCUT2D eigenvalue weighted by molar-refractivity contribution is 0.301. The van der Waals surface area contributed by atoms with E-state index in [1.54, 1.807) is 6.07 Å². The van der Waals surface area contributed by atoms with Crippen LogP contribution in [0.25, 0.3) is 0 Å². The van der Waals surface area contributed by atoms with Crippen molar-refractivity contribution in [1.29, 1.82) is 0 Å². The molecule has 0 bridgehead atoms. The second-order valence-corrected chi connectivity index (χ2v) is 9.19. The van der Waals surface area contributed by atoms with Crippen LogP contribution in [-0.4, -0.2) is 0 Å². The highest BCUT2D eigenvalue weighted by atomic mass is 79.9. The quantitative estimate of drug-likeness (QED) is 0.337. The standard InChI is InChI=1S/C22H19Br2Cl2NO/c1-13-3-4-14(2)21(7-13)27-11-16-8-17(23)9-19(24)22(16)28-12-15-5-6-18(25)10-20(15)26/h3-10,27H,11-12H2,1-2H3. The van der Waals surface area contributed by atoms with Gasteiger partial charge in [-0.05, 0) is 71.2 Å². The van der Waals surface area contributed by atoms with E-state index in [2.05, 4.69) is 75.3 Å². The maximum absolute atomic E-state index is 6.28. The molecule has 3 rings (SSSR count).